The second kappa shape index (κ2) is 5.31. The van der Waals surface area contributed by atoms with Gasteiger partial charge in [0.05, 0.1) is 11.0 Å². The zero-order chi connectivity index (χ0) is 14.4. The average molecular weight is 303 g/mol. The molecule has 112 valence electrons. The Bertz CT molecular complexity index is 641. The lowest BCUT2D eigenvalue weighted by molar-refractivity contribution is 0.349. The zero-order valence-electron chi connectivity index (χ0n) is 12.7. The molecule has 2 aliphatic carbocycles. The number of halogens is 1. The fourth-order valence-electron chi connectivity index (χ4n) is 3.70. The zero-order valence-corrected chi connectivity index (χ0v) is 13.4. The maximum atomic E-state index is 6.00. The van der Waals surface area contributed by atoms with Gasteiger partial charge in [-0.25, -0.2) is 4.98 Å². The molecule has 0 aliphatic heterocycles. The predicted molar refractivity (Wildman–Crippen MR) is 87.8 cm³/mol. The Hall–Kier alpha value is -1.02. The van der Waals surface area contributed by atoms with Crippen LogP contribution in [0.4, 0.5) is 0 Å². The highest BCUT2D eigenvalue weighted by Gasteiger charge is 2.41. The summed E-state index contributed by atoms with van der Waals surface area (Å²) in [5.74, 6) is 4.65. The second-order valence-electron chi connectivity index (χ2n) is 6.91. The highest BCUT2D eigenvalue weighted by Crippen LogP contribution is 2.50. The van der Waals surface area contributed by atoms with Crippen molar-refractivity contribution in [1.82, 2.24) is 9.55 Å². The van der Waals surface area contributed by atoms with Crippen molar-refractivity contribution in [2.24, 2.45) is 17.8 Å². The molecule has 1 aromatic carbocycles. The molecule has 0 radical (unpaired) electrons. The lowest BCUT2D eigenvalue weighted by atomic mass is 9.97. The summed E-state index contributed by atoms with van der Waals surface area (Å²) in [7, 11) is 0. The largest absolute Gasteiger partial charge is 0.328 e. The van der Waals surface area contributed by atoms with E-state index in [1.54, 1.807) is 0 Å². The normalized spacial score (nSPS) is 18.8. The van der Waals surface area contributed by atoms with Crippen molar-refractivity contribution < 1.29 is 0 Å². The lowest BCUT2D eigenvalue weighted by Crippen LogP contribution is -2.17. The molecule has 21 heavy (non-hydrogen) atoms. The average Bonchev–Trinajstić information content (AvgIpc) is 3.35. The van der Waals surface area contributed by atoms with Crippen molar-refractivity contribution in [2.45, 2.75) is 45.6 Å². The second-order valence-corrected chi connectivity index (χ2v) is 7.29. The summed E-state index contributed by atoms with van der Waals surface area (Å²) in [4.78, 5) is 4.83. The van der Waals surface area contributed by atoms with E-state index in [9.17, 15) is 0 Å². The quantitative estimate of drug-likeness (QED) is 0.715. The third-order valence-electron chi connectivity index (χ3n) is 5.15. The van der Waals surface area contributed by atoms with Crippen LogP contribution >= 0.6 is 11.6 Å². The summed E-state index contributed by atoms with van der Waals surface area (Å²) in [5.41, 5.74) is 3.75. The summed E-state index contributed by atoms with van der Waals surface area (Å²) < 4.78 is 2.48. The smallest absolute Gasteiger partial charge is 0.111 e. The van der Waals surface area contributed by atoms with Crippen LogP contribution in [0.3, 0.4) is 0 Å². The minimum Gasteiger partial charge on any atom is -0.328 e. The fourth-order valence-corrected chi connectivity index (χ4v) is 3.87. The molecule has 3 heteroatoms. The van der Waals surface area contributed by atoms with Crippen molar-refractivity contribution in [3.8, 4) is 0 Å². The van der Waals surface area contributed by atoms with Gasteiger partial charge >= 0.3 is 0 Å². The Morgan fingerprint density at radius 2 is 1.95 bits per heavy atom. The molecule has 2 nitrogen and oxygen atoms in total. The van der Waals surface area contributed by atoms with Gasteiger partial charge < -0.3 is 4.57 Å². The van der Waals surface area contributed by atoms with Crippen LogP contribution in [0.25, 0.3) is 11.0 Å². The van der Waals surface area contributed by atoms with Gasteiger partial charge in [0, 0.05) is 18.8 Å². The number of hydrogen-bond acceptors (Lipinski definition) is 1. The molecule has 0 N–H and O–H groups in total. The molecule has 4 rings (SSSR count). The number of fused-ring (bicyclic) bond motifs is 1. The van der Waals surface area contributed by atoms with E-state index in [1.807, 2.05) is 0 Å². The molecule has 2 aromatic rings. The predicted octanol–water partition coefficient (Wildman–Crippen LogP) is 4.56. The standard InChI is InChI=1S/C18H23ClN2/c1-12-2-7-16-17(10-12)21(18(20-16)8-9-19)11-15(13-3-4-13)14-5-6-14/h2,7,10,13-15H,3-6,8-9,11H2,1H3. The van der Waals surface area contributed by atoms with Gasteiger partial charge in [0.1, 0.15) is 5.82 Å². The van der Waals surface area contributed by atoms with E-state index < -0.39 is 0 Å². The molecule has 0 spiro atoms. The molecule has 2 fully saturated rings. The van der Waals surface area contributed by atoms with Crippen LogP contribution in [0.2, 0.25) is 0 Å². The number of imidazole rings is 1. The van der Waals surface area contributed by atoms with Crippen molar-refractivity contribution in [2.75, 3.05) is 5.88 Å². The van der Waals surface area contributed by atoms with Crippen molar-refractivity contribution in [1.29, 1.82) is 0 Å². The molecule has 0 saturated heterocycles. The van der Waals surface area contributed by atoms with Crippen LogP contribution in [0, 0.1) is 24.7 Å². The van der Waals surface area contributed by atoms with Crippen molar-refractivity contribution >= 4 is 22.6 Å². The van der Waals surface area contributed by atoms with Gasteiger partial charge in [-0.05, 0) is 68.1 Å². The Morgan fingerprint density at radius 1 is 1.24 bits per heavy atom. The SMILES string of the molecule is Cc1ccc2nc(CCCl)n(CC(C3CC3)C3CC3)c2c1. The van der Waals surface area contributed by atoms with E-state index in [1.165, 1.54) is 42.6 Å². The third kappa shape index (κ3) is 2.70. The van der Waals surface area contributed by atoms with E-state index in [0.717, 1.165) is 36.2 Å². The molecular weight excluding hydrogens is 280 g/mol. The van der Waals surface area contributed by atoms with E-state index >= 15 is 0 Å². The van der Waals surface area contributed by atoms with Gasteiger partial charge in [0.25, 0.3) is 0 Å². The van der Waals surface area contributed by atoms with Gasteiger partial charge in [-0.3, -0.25) is 0 Å². The molecule has 1 heterocycles. The highest BCUT2D eigenvalue weighted by atomic mass is 35.5. The van der Waals surface area contributed by atoms with E-state index in [-0.39, 0.29) is 0 Å². The Balaban J connectivity index is 1.73. The molecular formula is C18H23ClN2. The fraction of sp³-hybridized carbons (Fsp3) is 0.611. The number of benzene rings is 1. The summed E-state index contributed by atoms with van der Waals surface area (Å²) in [6.45, 7) is 3.32. The Labute approximate surface area is 131 Å². The molecule has 0 atom stereocenters. The minimum absolute atomic E-state index is 0.653. The summed E-state index contributed by atoms with van der Waals surface area (Å²) in [5, 5.41) is 0. The Kier molecular flexibility index (Phi) is 3.45. The molecule has 0 bridgehead atoms. The first-order valence-electron chi connectivity index (χ1n) is 8.28. The van der Waals surface area contributed by atoms with Crippen LogP contribution in [0.5, 0.6) is 0 Å². The van der Waals surface area contributed by atoms with Crippen molar-refractivity contribution in [3.63, 3.8) is 0 Å². The van der Waals surface area contributed by atoms with Gasteiger partial charge in [0.15, 0.2) is 0 Å². The first-order chi connectivity index (χ1) is 10.3. The molecule has 2 saturated carbocycles. The van der Waals surface area contributed by atoms with Gasteiger partial charge in [0.2, 0.25) is 0 Å². The van der Waals surface area contributed by atoms with Crippen LogP contribution < -0.4 is 0 Å². The van der Waals surface area contributed by atoms with Gasteiger partial charge in [-0.15, -0.1) is 11.6 Å². The topological polar surface area (TPSA) is 17.8 Å². The molecule has 0 amide bonds. The maximum Gasteiger partial charge on any atom is 0.111 e. The maximum absolute atomic E-state index is 6.00. The summed E-state index contributed by atoms with van der Waals surface area (Å²) in [6, 6.07) is 6.60. The Morgan fingerprint density at radius 3 is 2.57 bits per heavy atom. The van der Waals surface area contributed by atoms with E-state index in [0.29, 0.717) is 5.88 Å². The van der Waals surface area contributed by atoms with Crippen LogP contribution in [-0.4, -0.2) is 15.4 Å². The first-order valence-corrected chi connectivity index (χ1v) is 8.81. The van der Waals surface area contributed by atoms with E-state index in [4.69, 9.17) is 16.6 Å². The molecule has 0 unspecified atom stereocenters. The summed E-state index contributed by atoms with van der Waals surface area (Å²) in [6.07, 6.45) is 6.64. The minimum atomic E-state index is 0.653. The monoisotopic (exact) mass is 302 g/mol. The molecule has 1 aromatic heterocycles. The number of nitrogens with zero attached hydrogens (tertiary/aromatic N) is 2. The number of rotatable bonds is 6. The third-order valence-corrected chi connectivity index (χ3v) is 5.34. The number of aryl methyl sites for hydroxylation is 2. The van der Waals surface area contributed by atoms with Crippen LogP contribution in [0.15, 0.2) is 18.2 Å². The number of hydrogen-bond donors (Lipinski definition) is 0. The van der Waals surface area contributed by atoms with E-state index in [2.05, 4.69) is 29.7 Å². The molecule has 2 aliphatic rings. The summed E-state index contributed by atoms with van der Waals surface area (Å²) >= 11 is 6.00. The van der Waals surface area contributed by atoms with Gasteiger partial charge in [-0.2, -0.15) is 0 Å². The van der Waals surface area contributed by atoms with Gasteiger partial charge in [-0.1, -0.05) is 6.07 Å². The highest BCUT2D eigenvalue weighted by molar-refractivity contribution is 6.17. The number of alkyl halides is 1. The first kappa shape index (κ1) is 13.6. The van der Waals surface area contributed by atoms with Crippen molar-refractivity contribution in [3.05, 3.63) is 29.6 Å². The van der Waals surface area contributed by atoms with Crippen LogP contribution in [0.1, 0.15) is 37.1 Å². The number of aromatic nitrogens is 2. The van der Waals surface area contributed by atoms with Crippen LogP contribution in [-0.2, 0) is 13.0 Å². The lowest BCUT2D eigenvalue weighted by Gasteiger charge is -2.18.